The van der Waals surface area contributed by atoms with E-state index >= 15 is 0 Å². The second kappa shape index (κ2) is 10.2. The number of methoxy groups -OCH3 is 2. The Morgan fingerprint density at radius 3 is 2.46 bits per heavy atom. The van der Waals surface area contributed by atoms with Crippen LogP contribution in [0.4, 0.5) is 5.00 Å². The minimum atomic E-state index is -0.370. The molecule has 134 valence electrons. The molecule has 0 aliphatic carbocycles. The number of hydrogen-bond donors (Lipinski definition) is 2. The molecule has 0 saturated heterocycles. The van der Waals surface area contributed by atoms with Crippen molar-refractivity contribution < 1.29 is 19.1 Å². The van der Waals surface area contributed by atoms with Gasteiger partial charge in [-0.25, -0.2) is 4.79 Å². The highest BCUT2D eigenvalue weighted by Gasteiger charge is 2.20. The number of thiocarbonyl (C=S) groups is 1. The molecule has 0 unspecified atom stereocenters. The van der Waals surface area contributed by atoms with Gasteiger partial charge in [-0.05, 0) is 44.5 Å². The Balaban J connectivity index is 2.42. The Kier molecular flexibility index (Phi) is 8.70. The predicted molar refractivity (Wildman–Crippen MR) is 99.8 cm³/mol. The van der Waals surface area contributed by atoms with Gasteiger partial charge in [-0.3, -0.25) is 4.79 Å². The van der Waals surface area contributed by atoms with Crippen LogP contribution < -0.4 is 10.6 Å². The van der Waals surface area contributed by atoms with Gasteiger partial charge in [0.15, 0.2) is 5.11 Å². The Morgan fingerprint density at radius 1 is 1.12 bits per heavy atom. The number of hydrogen-bond acceptors (Lipinski definition) is 6. The van der Waals surface area contributed by atoms with E-state index in [9.17, 15) is 9.59 Å². The second-order valence-electron chi connectivity index (χ2n) is 5.25. The number of thiophene rings is 1. The standard InChI is InChI=1S/C16H24N2O4S2/c1-10-11(2)24-14(13(10)15(20)22-4)18-16(23)17-9-7-5-6-8-12(19)21-3/h5-9H2,1-4H3,(H2,17,18,23). The molecule has 1 aromatic rings. The first-order valence-electron chi connectivity index (χ1n) is 7.70. The minimum Gasteiger partial charge on any atom is -0.469 e. The first-order valence-corrected chi connectivity index (χ1v) is 8.93. The van der Waals surface area contributed by atoms with Gasteiger partial charge in [0.25, 0.3) is 0 Å². The summed E-state index contributed by atoms with van der Waals surface area (Å²) in [7, 11) is 2.76. The van der Waals surface area contributed by atoms with Crippen molar-refractivity contribution in [3.05, 3.63) is 16.0 Å². The summed E-state index contributed by atoms with van der Waals surface area (Å²) in [6.07, 6.45) is 3.04. The van der Waals surface area contributed by atoms with Crippen LogP contribution in [0.1, 0.15) is 46.5 Å². The smallest absolute Gasteiger partial charge is 0.341 e. The van der Waals surface area contributed by atoms with Crippen LogP contribution in [0.5, 0.6) is 0 Å². The molecule has 0 amide bonds. The van der Waals surface area contributed by atoms with E-state index in [-0.39, 0.29) is 11.9 Å². The summed E-state index contributed by atoms with van der Waals surface area (Å²) in [5, 5.41) is 7.34. The van der Waals surface area contributed by atoms with Gasteiger partial charge in [0.1, 0.15) is 5.00 Å². The third-order valence-corrected chi connectivity index (χ3v) is 4.94. The lowest BCUT2D eigenvalue weighted by molar-refractivity contribution is -0.140. The molecule has 24 heavy (non-hydrogen) atoms. The summed E-state index contributed by atoms with van der Waals surface area (Å²) in [5.41, 5.74) is 1.43. The van der Waals surface area contributed by atoms with E-state index in [0.717, 1.165) is 29.7 Å². The maximum atomic E-state index is 11.9. The highest BCUT2D eigenvalue weighted by Crippen LogP contribution is 2.32. The van der Waals surface area contributed by atoms with Gasteiger partial charge in [0, 0.05) is 17.8 Å². The maximum Gasteiger partial charge on any atom is 0.341 e. The van der Waals surface area contributed by atoms with Gasteiger partial charge >= 0.3 is 11.9 Å². The highest BCUT2D eigenvalue weighted by atomic mass is 32.1. The molecular formula is C16H24N2O4S2. The zero-order chi connectivity index (χ0) is 18.1. The van der Waals surface area contributed by atoms with E-state index in [4.69, 9.17) is 17.0 Å². The molecule has 1 heterocycles. The quantitative estimate of drug-likeness (QED) is 0.412. The van der Waals surface area contributed by atoms with Crippen molar-refractivity contribution in [2.24, 2.45) is 0 Å². The van der Waals surface area contributed by atoms with Crippen molar-refractivity contribution in [2.45, 2.75) is 39.5 Å². The maximum absolute atomic E-state index is 11.9. The molecule has 0 aliphatic heterocycles. The Labute approximate surface area is 151 Å². The molecule has 8 heteroatoms. The first-order chi connectivity index (χ1) is 11.4. The number of carbonyl (C=O) groups is 2. The van der Waals surface area contributed by atoms with Crippen molar-refractivity contribution in [1.82, 2.24) is 5.32 Å². The second-order valence-corrected chi connectivity index (χ2v) is 6.88. The van der Waals surface area contributed by atoms with Crippen LogP contribution in [0.3, 0.4) is 0 Å². The number of aryl methyl sites for hydroxylation is 1. The average Bonchev–Trinajstić information content (AvgIpc) is 2.83. The molecule has 2 N–H and O–H groups in total. The average molecular weight is 373 g/mol. The number of nitrogens with one attached hydrogen (secondary N) is 2. The van der Waals surface area contributed by atoms with Crippen LogP contribution in [0.25, 0.3) is 0 Å². The van der Waals surface area contributed by atoms with Gasteiger partial charge in [0.2, 0.25) is 0 Å². The van der Waals surface area contributed by atoms with E-state index < -0.39 is 0 Å². The normalized spacial score (nSPS) is 10.2. The number of anilines is 1. The van der Waals surface area contributed by atoms with Crippen molar-refractivity contribution >= 4 is 45.6 Å². The van der Waals surface area contributed by atoms with Crippen LogP contribution in [-0.2, 0) is 14.3 Å². The lowest BCUT2D eigenvalue weighted by atomic mass is 10.1. The molecule has 1 aromatic heterocycles. The van der Waals surface area contributed by atoms with E-state index in [1.807, 2.05) is 13.8 Å². The summed E-state index contributed by atoms with van der Waals surface area (Å²) in [6.45, 7) is 4.54. The lowest BCUT2D eigenvalue weighted by Gasteiger charge is -2.10. The Hall–Kier alpha value is -1.67. The molecule has 0 bridgehead atoms. The molecule has 0 saturated carbocycles. The zero-order valence-corrected chi connectivity index (χ0v) is 16.1. The topological polar surface area (TPSA) is 76.7 Å². The summed E-state index contributed by atoms with van der Waals surface area (Å²) in [4.78, 5) is 23.9. The van der Waals surface area contributed by atoms with Crippen molar-refractivity contribution in [3.8, 4) is 0 Å². The Bertz CT molecular complexity index is 599. The minimum absolute atomic E-state index is 0.182. The molecule has 0 spiro atoms. The fourth-order valence-corrected chi connectivity index (χ4v) is 3.41. The van der Waals surface area contributed by atoms with Gasteiger partial charge < -0.3 is 20.1 Å². The van der Waals surface area contributed by atoms with Crippen molar-refractivity contribution in [2.75, 3.05) is 26.1 Å². The highest BCUT2D eigenvalue weighted by molar-refractivity contribution is 7.80. The molecular weight excluding hydrogens is 348 g/mol. The number of unbranched alkanes of at least 4 members (excludes halogenated alkanes) is 2. The summed E-state index contributed by atoms with van der Waals surface area (Å²) in [6, 6.07) is 0. The fourth-order valence-electron chi connectivity index (χ4n) is 2.09. The number of carbonyl (C=O) groups excluding carboxylic acids is 2. The monoisotopic (exact) mass is 372 g/mol. The van der Waals surface area contributed by atoms with Crippen molar-refractivity contribution in [3.63, 3.8) is 0 Å². The fraction of sp³-hybridized carbons (Fsp3) is 0.562. The van der Waals surface area contributed by atoms with E-state index in [1.54, 1.807) is 0 Å². The van der Waals surface area contributed by atoms with Crippen LogP contribution in [0.15, 0.2) is 0 Å². The van der Waals surface area contributed by atoms with Gasteiger partial charge in [-0.15, -0.1) is 11.3 Å². The van der Waals surface area contributed by atoms with E-state index in [2.05, 4.69) is 15.4 Å². The Morgan fingerprint density at radius 2 is 1.83 bits per heavy atom. The summed E-state index contributed by atoms with van der Waals surface area (Å²) >= 11 is 6.74. The lowest BCUT2D eigenvalue weighted by Crippen LogP contribution is -2.29. The molecule has 0 radical (unpaired) electrons. The van der Waals surface area contributed by atoms with Gasteiger partial charge in [-0.1, -0.05) is 6.42 Å². The number of esters is 2. The first kappa shape index (κ1) is 20.4. The SMILES string of the molecule is COC(=O)CCCCCNC(=S)Nc1sc(C)c(C)c1C(=O)OC. The molecule has 0 aliphatic rings. The van der Waals surface area contributed by atoms with Crippen LogP contribution in [0.2, 0.25) is 0 Å². The van der Waals surface area contributed by atoms with Gasteiger partial charge in [-0.2, -0.15) is 0 Å². The van der Waals surface area contributed by atoms with Crippen molar-refractivity contribution in [1.29, 1.82) is 0 Å². The molecule has 0 fully saturated rings. The number of rotatable bonds is 8. The van der Waals surface area contributed by atoms with Crippen LogP contribution in [-0.4, -0.2) is 37.8 Å². The van der Waals surface area contributed by atoms with Gasteiger partial charge in [0.05, 0.1) is 19.8 Å². The predicted octanol–water partition coefficient (Wildman–Crippen LogP) is 3.17. The third-order valence-electron chi connectivity index (χ3n) is 3.57. The molecule has 0 aromatic carbocycles. The van der Waals surface area contributed by atoms with E-state index in [1.165, 1.54) is 25.6 Å². The summed E-state index contributed by atoms with van der Waals surface area (Å²) < 4.78 is 9.42. The molecule has 6 nitrogen and oxygen atoms in total. The van der Waals surface area contributed by atoms with Crippen LogP contribution >= 0.6 is 23.6 Å². The zero-order valence-electron chi connectivity index (χ0n) is 14.5. The third kappa shape index (κ3) is 6.09. The largest absolute Gasteiger partial charge is 0.469 e. The molecule has 0 atom stereocenters. The van der Waals surface area contributed by atoms with E-state index in [0.29, 0.717) is 28.6 Å². The number of ether oxygens (including phenoxy) is 2. The van der Waals surface area contributed by atoms with Crippen LogP contribution in [0, 0.1) is 13.8 Å². The molecule has 1 rings (SSSR count). The summed E-state index contributed by atoms with van der Waals surface area (Å²) in [5.74, 6) is -0.552.